The standard InChI is InChI=1S/C21H26N4O4/c1-13-15(16-12-14(29-2)6-8-17(16)22-13)7-9-18(26)24-25-19(27)21(23-20(25)28)10-4-3-5-11-21/h6,8,12,22H,3-5,7,9-11H2,1-2H3,(H,23,28)(H,24,26). The number of nitrogens with one attached hydrogen (secondary N) is 3. The lowest BCUT2D eigenvalue weighted by atomic mass is 9.82. The van der Waals surface area contributed by atoms with E-state index in [1.165, 1.54) is 0 Å². The SMILES string of the molecule is COc1ccc2[nH]c(C)c(CCC(=O)NN3C(=O)NC4(CCCCC4)C3=O)c2c1. The van der Waals surface area contributed by atoms with Crippen molar-refractivity contribution >= 4 is 28.7 Å². The van der Waals surface area contributed by atoms with Crippen LogP contribution in [0.1, 0.15) is 49.8 Å². The number of hydrogen-bond donors (Lipinski definition) is 3. The first-order valence-corrected chi connectivity index (χ1v) is 10.0. The topological polar surface area (TPSA) is 104 Å². The molecule has 1 aliphatic heterocycles. The Morgan fingerprint density at radius 1 is 1.24 bits per heavy atom. The summed E-state index contributed by atoms with van der Waals surface area (Å²) in [7, 11) is 1.62. The van der Waals surface area contributed by atoms with E-state index in [4.69, 9.17) is 4.74 Å². The molecule has 29 heavy (non-hydrogen) atoms. The second-order valence-corrected chi connectivity index (χ2v) is 7.89. The van der Waals surface area contributed by atoms with Gasteiger partial charge >= 0.3 is 6.03 Å². The second-order valence-electron chi connectivity index (χ2n) is 7.89. The first-order chi connectivity index (χ1) is 13.9. The molecule has 0 unspecified atom stereocenters. The van der Waals surface area contributed by atoms with Crippen LogP contribution in [0.3, 0.4) is 0 Å². The minimum absolute atomic E-state index is 0.162. The summed E-state index contributed by atoms with van der Waals surface area (Å²) in [5.41, 5.74) is 4.65. The van der Waals surface area contributed by atoms with E-state index in [0.717, 1.165) is 52.2 Å². The van der Waals surface area contributed by atoms with Crippen molar-refractivity contribution in [1.82, 2.24) is 20.7 Å². The number of aromatic nitrogens is 1. The Balaban J connectivity index is 1.43. The van der Waals surface area contributed by atoms with E-state index in [1.54, 1.807) is 7.11 Å². The van der Waals surface area contributed by atoms with Crippen LogP contribution < -0.4 is 15.5 Å². The number of ether oxygens (including phenoxy) is 1. The Morgan fingerprint density at radius 3 is 2.72 bits per heavy atom. The Labute approximate surface area is 168 Å². The van der Waals surface area contributed by atoms with Gasteiger partial charge in [0.1, 0.15) is 11.3 Å². The highest BCUT2D eigenvalue weighted by atomic mass is 16.5. The van der Waals surface area contributed by atoms with Crippen LogP contribution in [0.4, 0.5) is 4.79 Å². The molecule has 2 aliphatic rings. The number of carbonyl (C=O) groups excluding carboxylic acids is 3. The van der Waals surface area contributed by atoms with Crippen LogP contribution in [-0.4, -0.2) is 40.5 Å². The number of benzene rings is 1. The zero-order valence-corrected chi connectivity index (χ0v) is 16.8. The van der Waals surface area contributed by atoms with Gasteiger partial charge in [-0.05, 0) is 49.9 Å². The van der Waals surface area contributed by atoms with Crippen LogP contribution in [0.5, 0.6) is 5.75 Å². The van der Waals surface area contributed by atoms with Crippen molar-refractivity contribution in [3.63, 3.8) is 0 Å². The molecule has 4 rings (SSSR count). The van der Waals surface area contributed by atoms with Crippen LogP contribution in [-0.2, 0) is 16.0 Å². The predicted octanol–water partition coefficient (Wildman–Crippen LogP) is 2.70. The number of methoxy groups -OCH3 is 1. The van der Waals surface area contributed by atoms with Gasteiger partial charge in [0, 0.05) is 23.0 Å². The van der Waals surface area contributed by atoms with E-state index in [9.17, 15) is 14.4 Å². The predicted molar refractivity (Wildman–Crippen MR) is 107 cm³/mol. The molecule has 1 saturated heterocycles. The van der Waals surface area contributed by atoms with Crippen molar-refractivity contribution < 1.29 is 19.1 Å². The quantitative estimate of drug-likeness (QED) is 0.674. The van der Waals surface area contributed by atoms with E-state index < -0.39 is 11.6 Å². The lowest BCUT2D eigenvalue weighted by Gasteiger charge is -2.30. The number of aromatic amines is 1. The number of fused-ring (bicyclic) bond motifs is 1. The molecule has 154 valence electrons. The first-order valence-electron chi connectivity index (χ1n) is 10.0. The third-order valence-corrected chi connectivity index (χ3v) is 6.03. The number of hydrazine groups is 1. The Morgan fingerprint density at radius 2 is 2.00 bits per heavy atom. The molecule has 1 saturated carbocycles. The van der Waals surface area contributed by atoms with Crippen LogP contribution in [0, 0.1) is 6.92 Å². The fourth-order valence-electron chi connectivity index (χ4n) is 4.45. The van der Waals surface area contributed by atoms with Gasteiger partial charge in [0.25, 0.3) is 5.91 Å². The molecule has 1 aliphatic carbocycles. The Bertz CT molecular complexity index is 974. The largest absolute Gasteiger partial charge is 0.497 e. The van der Waals surface area contributed by atoms with Crippen molar-refractivity contribution in [3.05, 3.63) is 29.5 Å². The molecule has 0 radical (unpaired) electrons. The molecule has 1 spiro atoms. The van der Waals surface area contributed by atoms with Crippen molar-refractivity contribution in [2.75, 3.05) is 7.11 Å². The summed E-state index contributed by atoms with van der Waals surface area (Å²) in [6.07, 6.45) is 4.76. The molecule has 0 bridgehead atoms. The number of imide groups is 1. The van der Waals surface area contributed by atoms with E-state index in [1.807, 2.05) is 25.1 Å². The van der Waals surface area contributed by atoms with Gasteiger partial charge in [-0.25, -0.2) is 4.79 Å². The van der Waals surface area contributed by atoms with Gasteiger partial charge in [-0.1, -0.05) is 19.3 Å². The molecule has 2 fully saturated rings. The summed E-state index contributed by atoms with van der Waals surface area (Å²) in [5.74, 6) is 0.0425. The molecule has 2 aromatic rings. The summed E-state index contributed by atoms with van der Waals surface area (Å²) in [6.45, 7) is 1.96. The van der Waals surface area contributed by atoms with Crippen molar-refractivity contribution in [3.8, 4) is 5.75 Å². The van der Waals surface area contributed by atoms with Gasteiger partial charge in [-0.2, -0.15) is 5.01 Å². The molecule has 8 heteroatoms. The monoisotopic (exact) mass is 398 g/mol. The van der Waals surface area contributed by atoms with Crippen molar-refractivity contribution in [2.24, 2.45) is 0 Å². The Hall–Kier alpha value is -3.03. The number of carbonyl (C=O) groups is 3. The minimum atomic E-state index is -0.841. The van der Waals surface area contributed by atoms with Crippen LogP contribution in [0.15, 0.2) is 18.2 Å². The molecule has 3 N–H and O–H groups in total. The van der Waals surface area contributed by atoms with Gasteiger partial charge in [0.05, 0.1) is 7.11 Å². The van der Waals surface area contributed by atoms with Gasteiger partial charge in [-0.3, -0.25) is 15.0 Å². The number of nitrogens with zero attached hydrogens (tertiary/aromatic N) is 1. The highest BCUT2D eigenvalue weighted by Gasteiger charge is 2.52. The van der Waals surface area contributed by atoms with Gasteiger partial charge in [-0.15, -0.1) is 0 Å². The molecule has 2 heterocycles. The van der Waals surface area contributed by atoms with Crippen LogP contribution >= 0.6 is 0 Å². The Kier molecular flexibility index (Phi) is 4.94. The molecule has 8 nitrogen and oxygen atoms in total. The van der Waals surface area contributed by atoms with Gasteiger partial charge in [0.2, 0.25) is 5.91 Å². The highest BCUT2D eigenvalue weighted by molar-refractivity contribution is 6.08. The normalized spacial score (nSPS) is 18.3. The van der Waals surface area contributed by atoms with Gasteiger partial charge in [0.15, 0.2) is 0 Å². The van der Waals surface area contributed by atoms with E-state index >= 15 is 0 Å². The summed E-state index contributed by atoms with van der Waals surface area (Å²) >= 11 is 0. The van der Waals surface area contributed by atoms with Gasteiger partial charge < -0.3 is 15.0 Å². The number of aryl methyl sites for hydroxylation is 2. The molecular formula is C21H26N4O4. The third-order valence-electron chi connectivity index (χ3n) is 6.03. The number of hydrogen-bond acceptors (Lipinski definition) is 4. The zero-order chi connectivity index (χ0) is 20.6. The second kappa shape index (κ2) is 7.42. The fourth-order valence-corrected chi connectivity index (χ4v) is 4.45. The van der Waals surface area contributed by atoms with E-state index in [0.29, 0.717) is 19.3 Å². The number of urea groups is 1. The maximum Gasteiger partial charge on any atom is 0.344 e. The van der Waals surface area contributed by atoms with E-state index in [-0.39, 0.29) is 18.2 Å². The summed E-state index contributed by atoms with van der Waals surface area (Å²) in [5, 5.41) is 4.66. The lowest BCUT2D eigenvalue weighted by molar-refractivity contribution is -0.139. The third kappa shape index (κ3) is 3.43. The number of amides is 4. The molecule has 1 aromatic heterocycles. The molecule has 4 amide bonds. The minimum Gasteiger partial charge on any atom is -0.497 e. The van der Waals surface area contributed by atoms with Crippen molar-refractivity contribution in [1.29, 1.82) is 0 Å². The number of rotatable bonds is 5. The zero-order valence-electron chi connectivity index (χ0n) is 16.8. The smallest absolute Gasteiger partial charge is 0.344 e. The van der Waals surface area contributed by atoms with Crippen LogP contribution in [0.2, 0.25) is 0 Å². The first kappa shape index (κ1) is 19.3. The maximum absolute atomic E-state index is 12.8. The highest BCUT2D eigenvalue weighted by Crippen LogP contribution is 2.33. The van der Waals surface area contributed by atoms with Crippen LogP contribution in [0.25, 0.3) is 10.9 Å². The molecule has 1 aromatic carbocycles. The average molecular weight is 398 g/mol. The van der Waals surface area contributed by atoms with E-state index in [2.05, 4.69) is 15.7 Å². The fraction of sp³-hybridized carbons (Fsp3) is 0.476. The molecular weight excluding hydrogens is 372 g/mol. The summed E-state index contributed by atoms with van der Waals surface area (Å²) in [4.78, 5) is 40.9. The summed E-state index contributed by atoms with van der Waals surface area (Å²) in [6, 6.07) is 5.23. The van der Waals surface area contributed by atoms with Crippen molar-refractivity contribution in [2.45, 2.75) is 57.4 Å². The molecule has 0 atom stereocenters. The summed E-state index contributed by atoms with van der Waals surface area (Å²) < 4.78 is 5.30. The lowest BCUT2D eigenvalue weighted by Crippen LogP contribution is -2.51. The number of H-pyrrole nitrogens is 1. The maximum atomic E-state index is 12.8. The average Bonchev–Trinajstić information content (AvgIpc) is 3.14.